The van der Waals surface area contributed by atoms with E-state index in [0.717, 1.165) is 43.7 Å². The molecule has 1 atom stereocenters. The molecule has 20 heteroatoms. The summed E-state index contributed by atoms with van der Waals surface area (Å²) in [7, 11) is 3.20. The molecule has 0 bridgehead atoms. The Balaban J connectivity index is 0.000000159. The Labute approximate surface area is 408 Å². The van der Waals surface area contributed by atoms with E-state index in [2.05, 4.69) is 72.4 Å². The van der Waals surface area contributed by atoms with Crippen molar-refractivity contribution in [1.29, 1.82) is 10.8 Å². The highest BCUT2D eigenvalue weighted by molar-refractivity contribution is 6.38. The normalized spacial score (nSPS) is 15.7. The number of halogens is 4. The zero-order valence-corrected chi connectivity index (χ0v) is 40.0. The second kappa shape index (κ2) is 17.9. The fourth-order valence-electron chi connectivity index (χ4n) is 9.25. The molecule has 68 heavy (non-hydrogen) atoms. The van der Waals surface area contributed by atoms with E-state index in [9.17, 15) is 9.59 Å². The van der Waals surface area contributed by atoms with Crippen LogP contribution in [0.5, 0.6) is 0 Å². The number of nitrogens with zero attached hydrogens (tertiary/aromatic N) is 8. The third-order valence-corrected chi connectivity index (χ3v) is 14.1. The largest absolute Gasteiger partial charge is 0.335 e. The van der Waals surface area contributed by atoms with Crippen LogP contribution < -0.4 is 43.6 Å². The quantitative estimate of drug-likeness (QED) is 0.0908. The van der Waals surface area contributed by atoms with Crippen molar-refractivity contribution in [2.24, 2.45) is 14.1 Å². The van der Waals surface area contributed by atoms with Crippen molar-refractivity contribution in [3.05, 3.63) is 159 Å². The van der Waals surface area contributed by atoms with Crippen molar-refractivity contribution >= 4 is 91.7 Å². The standard InChI is InChI=1S/C24H21Cl2N7O.C24H23Cl2N7O/c1-32-21-15(20(27)33(23(32)34)19-17(25)3-2-4-18(19)26)12-28-22(31-21)30-14-5-6-16-13(11-14)7-10-29-24(16)8-9-24;1-3-19-15-8-7-14(11-13(15)9-10-28-19)30-23-29-12-16-21(27)33(24(34)32(2)22(16)31-23)20-17(25)5-4-6-18(20)26/h2-6,11-12,27,29H,7-10H2,1H3,(H,28,30,31);4-8,11-12,19,27-28H,3,9-10H2,1-2H3,(H,29,30,31). The van der Waals surface area contributed by atoms with E-state index in [1.165, 1.54) is 65.8 Å². The average Bonchev–Trinajstić information content (AvgIpc) is 4.11. The summed E-state index contributed by atoms with van der Waals surface area (Å²) in [4.78, 5) is 44.3. The number of nitrogens with one attached hydrogen (secondary N) is 6. The van der Waals surface area contributed by atoms with Crippen LogP contribution >= 0.6 is 46.4 Å². The Morgan fingerprint density at radius 3 is 1.68 bits per heavy atom. The molecule has 1 saturated carbocycles. The summed E-state index contributed by atoms with van der Waals surface area (Å²) >= 11 is 25.3. The molecular formula is C48H44Cl4N14O2. The zero-order chi connectivity index (χ0) is 47.6. The highest BCUT2D eigenvalue weighted by Crippen LogP contribution is 2.49. The van der Waals surface area contributed by atoms with Gasteiger partial charge in [-0.25, -0.2) is 28.7 Å². The lowest BCUT2D eigenvalue weighted by atomic mass is 9.92. The van der Waals surface area contributed by atoms with Crippen LogP contribution in [0, 0.1) is 10.8 Å². The van der Waals surface area contributed by atoms with Gasteiger partial charge in [-0.2, -0.15) is 9.97 Å². The van der Waals surface area contributed by atoms with Crippen molar-refractivity contribution in [3.63, 3.8) is 0 Å². The van der Waals surface area contributed by atoms with Gasteiger partial charge in [-0.15, -0.1) is 0 Å². The molecule has 1 fully saturated rings. The first-order valence-corrected chi connectivity index (χ1v) is 23.5. The maximum absolute atomic E-state index is 13.2. The van der Waals surface area contributed by atoms with Crippen molar-refractivity contribution in [2.75, 3.05) is 23.7 Å². The van der Waals surface area contributed by atoms with E-state index in [1.807, 2.05) is 12.1 Å². The Morgan fingerprint density at radius 2 is 1.18 bits per heavy atom. The number of hydrogen-bond acceptors (Lipinski definition) is 12. The summed E-state index contributed by atoms with van der Waals surface area (Å²) in [6.07, 6.45) is 8.41. The molecule has 0 radical (unpaired) electrons. The molecule has 16 nitrogen and oxygen atoms in total. The molecule has 6 N–H and O–H groups in total. The molecule has 11 rings (SSSR count). The second-order valence-corrected chi connectivity index (χ2v) is 18.6. The lowest BCUT2D eigenvalue weighted by Gasteiger charge is -2.27. The molecule has 8 aromatic rings. The molecule has 0 saturated heterocycles. The molecule has 6 heterocycles. The van der Waals surface area contributed by atoms with Crippen molar-refractivity contribution in [2.45, 2.75) is 50.6 Å². The summed E-state index contributed by atoms with van der Waals surface area (Å²) in [5.74, 6) is 0.696. The van der Waals surface area contributed by atoms with Gasteiger partial charge in [0.2, 0.25) is 11.9 Å². The van der Waals surface area contributed by atoms with Crippen LogP contribution in [0.3, 0.4) is 0 Å². The molecule has 4 aromatic heterocycles. The molecular weight excluding hydrogens is 946 g/mol. The number of para-hydroxylation sites is 2. The van der Waals surface area contributed by atoms with E-state index in [-0.39, 0.29) is 48.0 Å². The average molecular weight is 991 g/mol. The molecule has 0 amide bonds. The first-order valence-electron chi connectivity index (χ1n) is 22.0. The molecule has 1 aliphatic carbocycles. The SMILES string of the molecule is CCC1NCCc2cc(Nc3ncc4c(=N)n(-c5c(Cl)cccc5Cl)c(=O)n(C)c4n3)ccc21.Cn1c(=O)n(-c2c(Cl)cccc2Cl)c(=N)c2cnc(Nc3ccc4c(c3)CCNC43CC3)nc21. The Kier molecular flexibility index (Phi) is 12.0. The van der Waals surface area contributed by atoms with Gasteiger partial charge in [-0.1, -0.05) is 77.6 Å². The Morgan fingerprint density at radius 1 is 0.691 bits per heavy atom. The molecule has 346 valence electrons. The lowest BCUT2D eigenvalue weighted by molar-refractivity contribution is 0.490. The van der Waals surface area contributed by atoms with Crippen LogP contribution in [0.1, 0.15) is 54.5 Å². The van der Waals surface area contributed by atoms with E-state index < -0.39 is 11.4 Å². The van der Waals surface area contributed by atoms with Gasteiger partial charge in [0.1, 0.15) is 11.0 Å². The maximum atomic E-state index is 13.2. The number of fused-ring (bicyclic) bond motifs is 5. The van der Waals surface area contributed by atoms with Crippen molar-refractivity contribution in [1.82, 2.24) is 48.8 Å². The zero-order valence-electron chi connectivity index (χ0n) is 37.0. The fraction of sp³-hybridized carbons (Fsp3) is 0.250. The van der Waals surface area contributed by atoms with Gasteiger partial charge in [0.15, 0.2) is 11.3 Å². The third kappa shape index (κ3) is 8.03. The first-order chi connectivity index (χ1) is 32.8. The number of aromatic nitrogens is 8. The molecule has 2 aliphatic heterocycles. The minimum absolute atomic E-state index is 0.0873. The predicted molar refractivity (Wildman–Crippen MR) is 267 cm³/mol. The molecule has 1 spiro atoms. The number of rotatable bonds is 7. The number of aryl methyl sites for hydroxylation is 2. The summed E-state index contributed by atoms with van der Waals surface area (Å²) in [6.45, 7) is 4.11. The summed E-state index contributed by atoms with van der Waals surface area (Å²) in [5.41, 5.74) is 7.33. The second-order valence-electron chi connectivity index (χ2n) is 17.0. The van der Waals surface area contributed by atoms with E-state index >= 15 is 0 Å². The van der Waals surface area contributed by atoms with Crippen LogP contribution in [0.15, 0.2) is 94.8 Å². The fourth-order valence-corrected chi connectivity index (χ4v) is 10.4. The maximum Gasteiger partial charge on any atom is 0.335 e. The topological polar surface area (TPSA) is 201 Å². The summed E-state index contributed by atoms with van der Waals surface area (Å²) in [6, 6.07) is 22.9. The van der Waals surface area contributed by atoms with Crippen LogP contribution in [-0.2, 0) is 32.5 Å². The van der Waals surface area contributed by atoms with Gasteiger partial charge >= 0.3 is 11.4 Å². The van der Waals surface area contributed by atoms with Crippen molar-refractivity contribution in [3.8, 4) is 11.4 Å². The van der Waals surface area contributed by atoms with Crippen molar-refractivity contribution < 1.29 is 0 Å². The van der Waals surface area contributed by atoms with Crippen LogP contribution in [0.2, 0.25) is 20.1 Å². The Bertz CT molecular complexity index is 3580. The minimum Gasteiger partial charge on any atom is -0.324 e. The first kappa shape index (κ1) is 45.4. The molecule has 1 unspecified atom stereocenters. The predicted octanol–water partition coefficient (Wildman–Crippen LogP) is 8.03. The third-order valence-electron chi connectivity index (χ3n) is 12.9. The summed E-state index contributed by atoms with van der Waals surface area (Å²) < 4.78 is 5.08. The van der Waals surface area contributed by atoms with Gasteiger partial charge in [0, 0.05) is 56.0 Å². The van der Waals surface area contributed by atoms with E-state index in [1.54, 1.807) is 50.5 Å². The Hall–Kier alpha value is -6.40. The van der Waals surface area contributed by atoms with Crippen LogP contribution in [-0.4, -0.2) is 51.3 Å². The molecule has 4 aromatic carbocycles. The lowest BCUT2D eigenvalue weighted by Crippen LogP contribution is -2.38. The van der Waals surface area contributed by atoms with E-state index in [0.29, 0.717) is 40.0 Å². The number of anilines is 4. The van der Waals surface area contributed by atoms with Gasteiger partial charge in [0.05, 0.1) is 42.2 Å². The van der Waals surface area contributed by atoms with Gasteiger partial charge in [0.25, 0.3) is 0 Å². The number of benzene rings is 4. The number of hydrogen-bond donors (Lipinski definition) is 6. The van der Waals surface area contributed by atoms with Crippen LogP contribution in [0.4, 0.5) is 23.3 Å². The minimum atomic E-state index is -0.482. The molecule has 3 aliphatic rings. The highest BCUT2D eigenvalue weighted by atomic mass is 35.5. The summed E-state index contributed by atoms with van der Waals surface area (Å²) in [5, 5.41) is 32.9. The van der Waals surface area contributed by atoms with Crippen LogP contribution in [0.25, 0.3) is 33.4 Å². The van der Waals surface area contributed by atoms with Gasteiger partial charge < -0.3 is 21.3 Å². The smallest absolute Gasteiger partial charge is 0.324 e. The monoisotopic (exact) mass is 988 g/mol. The highest BCUT2D eigenvalue weighted by Gasteiger charge is 2.46. The van der Waals surface area contributed by atoms with E-state index in [4.69, 9.17) is 57.2 Å². The van der Waals surface area contributed by atoms with Gasteiger partial charge in [-0.3, -0.25) is 20.0 Å². The van der Waals surface area contributed by atoms with Gasteiger partial charge in [-0.05, 0) is 109 Å².